The number of carbonyl (C=O) groups is 1. The van der Waals surface area contributed by atoms with Crippen LogP contribution in [0.2, 0.25) is 0 Å². The molecule has 0 saturated carbocycles. The van der Waals surface area contributed by atoms with E-state index in [4.69, 9.17) is 0 Å². The number of rotatable bonds is 2. The molecule has 0 saturated heterocycles. The molecule has 2 nitrogen and oxygen atoms in total. The molecule has 0 aromatic heterocycles. The van der Waals surface area contributed by atoms with Crippen LogP contribution in [0, 0.1) is 11.3 Å². The number of carbonyl (C=O) groups excluding carboxylic acids is 1. The van der Waals surface area contributed by atoms with Crippen molar-refractivity contribution in [2.24, 2.45) is 11.3 Å². The number of alkyl halides is 3. The van der Waals surface area contributed by atoms with E-state index in [0.717, 1.165) is 0 Å². The molecular weight excluding hydrogens is 197 g/mol. The maximum Gasteiger partial charge on any atom is 0.490 e. The summed E-state index contributed by atoms with van der Waals surface area (Å²) in [7, 11) is 0. The van der Waals surface area contributed by atoms with E-state index in [9.17, 15) is 18.0 Å². The molecular formula is C9H15F3O2. The lowest BCUT2D eigenvalue weighted by molar-refractivity contribution is -0.201. The average Bonchev–Trinajstić information content (AvgIpc) is 1.95. The average molecular weight is 212 g/mol. The molecule has 0 amide bonds. The van der Waals surface area contributed by atoms with Gasteiger partial charge in [0.2, 0.25) is 0 Å². The molecule has 0 aromatic rings. The maximum absolute atomic E-state index is 11.7. The quantitative estimate of drug-likeness (QED) is 0.658. The fourth-order valence-corrected chi connectivity index (χ4v) is 0.533. The fourth-order valence-electron chi connectivity index (χ4n) is 0.533. The molecule has 0 aromatic carbocycles. The fraction of sp³-hybridized carbons (Fsp3) is 0.889. The topological polar surface area (TPSA) is 26.3 Å². The Labute approximate surface area is 81.4 Å². The van der Waals surface area contributed by atoms with E-state index in [1.165, 1.54) is 0 Å². The zero-order chi connectivity index (χ0) is 11.6. The zero-order valence-electron chi connectivity index (χ0n) is 8.73. The Kier molecular flexibility index (Phi) is 3.97. The summed E-state index contributed by atoms with van der Waals surface area (Å²) in [6.07, 6.45) is -4.89. The van der Waals surface area contributed by atoms with Crippen molar-refractivity contribution in [2.75, 3.05) is 6.61 Å². The lowest BCUT2D eigenvalue weighted by Gasteiger charge is -2.26. The maximum atomic E-state index is 11.7. The summed E-state index contributed by atoms with van der Waals surface area (Å²) in [4.78, 5) is 10.3. The summed E-state index contributed by atoms with van der Waals surface area (Å²) in [5, 5.41) is 0. The Bertz CT molecular complexity index is 203. The van der Waals surface area contributed by atoms with E-state index in [-0.39, 0.29) is 17.9 Å². The van der Waals surface area contributed by atoms with Gasteiger partial charge in [0.1, 0.15) is 0 Å². The first-order chi connectivity index (χ1) is 6.05. The van der Waals surface area contributed by atoms with Crippen LogP contribution in [0.25, 0.3) is 0 Å². The first-order valence-corrected chi connectivity index (χ1v) is 4.29. The first kappa shape index (κ1) is 13.3. The minimum absolute atomic E-state index is 0.117. The third-order valence-electron chi connectivity index (χ3n) is 2.17. The third-order valence-corrected chi connectivity index (χ3v) is 2.17. The largest absolute Gasteiger partial charge is 0.490 e. The third kappa shape index (κ3) is 4.48. The van der Waals surface area contributed by atoms with Crippen molar-refractivity contribution >= 4 is 5.97 Å². The minimum atomic E-state index is -4.89. The Morgan fingerprint density at radius 3 is 2.00 bits per heavy atom. The zero-order valence-corrected chi connectivity index (χ0v) is 8.73. The van der Waals surface area contributed by atoms with Crippen LogP contribution in [0.5, 0.6) is 0 Å². The number of halogens is 3. The van der Waals surface area contributed by atoms with Gasteiger partial charge in [0.15, 0.2) is 0 Å². The molecule has 0 rings (SSSR count). The van der Waals surface area contributed by atoms with Gasteiger partial charge in [-0.25, -0.2) is 4.79 Å². The molecule has 0 N–H and O–H groups in total. The van der Waals surface area contributed by atoms with Gasteiger partial charge in [0.05, 0.1) is 6.61 Å². The molecule has 1 atom stereocenters. The van der Waals surface area contributed by atoms with Crippen LogP contribution < -0.4 is 0 Å². The molecule has 0 radical (unpaired) electrons. The SMILES string of the molecule is CC(COC(=O)C(F)(F)F)C(C)(C)C. The summed E-state index contributed by atoms with van der Waals surface area (Å²) in [6, 6.07) is 0. The number of esters is 1. The van der Waals surface area contributed by atoms with Crippen LogP contribution in [0.15, 0.2) is 0 Å². The van der Waals surface area contributed by atoms with E-state index >= 15 is 0 Å². The van der Waals surface area contributed by atoms with Gasteiger partial charge in [-0.2, -0.15) is 13.2 Å². The van der Waals surface area contributed by atoms with Crippen LogP contribution >= 0.6 is 0 Å². The highest BCUT2D eigenvalue weighted by Crippen LogP contribution is 2.26. The second-order valence-electron chi connectivity index (χ2n) is 4.36. The van der Waals surface area contributed by atoms with Crippen molar-refractivity contribution in [3.05, 3.63) is 0 Å². The van der Waals surface area contributed by atoms with Crippen molar-refractivity contribution < 1.29 is 22.7 Å². The summed E-state index contributed by atoms with van der Waals surface area (Å²) < 4.78 is 39.3. The molecule has 14 heavy (non-hydrogen) atoms. The van der Waals surface area contributed by atoms with Crippen molar-refractivity contribution in [1.29, 1.82) is 0 Å². The van der Waals surface area contributed by atoms with E-state index < -0.39 is 12.1 Å². The molecule has 0 heterocycles. The first-order valence-electron chi connectivity index (χ1n) is 4.29. The molecule has 0 fully saturated rings. The van der Waals surface area contributed by atoms with Gasteiger partial charge in [0.25, 0.3) is 0 Å². The molecule has 5 heteroatoms. The summed E-state index contributed by atoms with van der Waals surface area (Å²) in [5.41, 5.74) is -0.175. The Morgan fingerprint density at radius 2 is 1.71 bits per heavy atom. The Balaban J connectivity index is 4.03. The second-order valence-corrected chi connectivity index (χ2v) is 4.36. The predicted molar refractivity (Wildman–Crippen MR) is 45.6 cm³/mol. The van der Waals surface area contributed by atoms with Gasteiger partial charge in [-0.1, -0.05) is 27.7 Å². The van der Waals surface area contributed by atoms with Gasteiger partial charge < -0.3 is 4.74 Å². The molecule has 0 bridgehead atoms. The highest BCUT2D eigenvalue weighted by Gasteiger charge is 2.41. The van der Waals surface area contributed by atoms with Crippen LogP contribution in [-0.2, 0) is 9.53 Å². The highest BCUT2D eigenvalue weighted by atomic mass is 19.4. The smallest absolute Gasteiger partial charge is 0.459 e. The van der Waals surface area contributed by atoms with Crippen LogP contribution in [-0.4, -0.2) is 18.8 Å². The van der Waals surface area contributed by atoms with Gasteiger partial charge in [-0.15, -0.1) is 0 Å². The monoisotopic (exact) mass is 212 g/mol. The van der Waals surface area contributed by atoms with Gasteiger partial charge in [0, 0.05) is 0 Å². The summed E-state index contributed by atoms with van der Waals surface area (Å²) in [6.45, 7) is 7.16. The van der Waals surface area contributed by atoms with Crippen LogP contribution in [0.3, 0.4) is 0 Å². The molecule has 0 spiro atoms. The summed E-state index contributed by atoms with van der Waals surface area (Å²) >= 11 is 0. The lowest BCUT2D eigenvalue weighted by atomic mass is 9.83. The number of ether oxygens (including phenoxy) is 1. The van der Waals surface area contributed by atoms with Gasteiger partial charge in [-0.3, -0.25) is 0 Å². The van der Waals surface area contributed by atoms with Crippen LogP contribution in [0.4, 0.5) is 13.2 Å². The lowest BCUT2D eigenvalue weighted by Crippen LogP contribution is -2.30. The summed E-state index contributed by atoms with van der Waals surface area (Å²) in [5.74, 6) is -2.23. The van der Waals surface area contributed by atoms with Gasteiger partial charge in [-0.05, 0) is 11.3 Å². The van der Waals surface area contributed by atoms with E-state index in [1.54, 1.807) is 6.92 Å². The molecule has 0 aliphatic rings. The number of hydrogen-bond acceptors (Lipinski definition) is 2. The normalized spacial score (nSPS) is 15.1. The molecule has 84 valence electrons. The van der Waals surface area contributed by atoms with E-state index in [1.807, 2.05) is 20.8 Å². The second kappa shape index (κ2) is 4.19. The van der Waals surface area contributed by atoms with Crippen molar-refractivity contribution in [2.45, 2.75) is 33.9 Å². The standard InChI is InChI=1S/C9H15F3O2/c1-6(8(2,3)4)5-14-7(13)9(10,11)12/h6H,5H2,1-4H3. The number of hydrogen-bond donors (Lipinski definition) is 0. The Hall–Kier alpha value is -0.740. The highest BCUT2D eigenvalue weighted by molar-refractivity contribution is 5.75. The van der Waals surface area contributed by atoms with Gasteiger partial charge >= 0.3 is 12.1 Å². The van der Waals surface area contributed by atoms with Crippen molar-refractivity contribution in [3.8, 4) is 0 Å². The molecule has 0 aliphatic heterocycles. The van der Waals surface area contributed by atoms with Crippen molar-refractivity contribution in [3.63, 3.8) is 0 Å². The van der Waals surface area contributed by atoms with E-state index in [0.29, 0.717) is 0 Å². The molecule has 1 unspecified atom stereocenters. The minimum Gasteiger partial charge on any atom is -0.459 e. The predicted octanol–water partition coefficient (Wildman–Crippen LogP) is 2.77. The van der Waals surface area contributed by atoms with E-state index in [2.05, 4.69) is 4.74 Å². The Morgan fingerprint density at radius 1 is 1.29 bits per heavy atom. The van der Waals surface area contributed by atoms with Crippen LogP contribution in [0.1, 0.15) is 27.7 Å². The molecule has 0 aliphatic carbocycles. The van der Waals surface area contributed by atoms with Crippen molar-refractivity contribution in [1.82, 2.24) is 0 Å².